The van der Waals surface area contributed by atoms with Crippen molar-refractivity contribution < 1.29 is 4.79 Å². The van der Waals surface area contributed by atoms with Crippen molar-refractivity contribution in [3.63, 3.8) is 0 Å². The van der Waals surface area contributed by atoms with Crippen LogP contribution < -0.4 is 11.3 Å². The number of piperidine rings is 1. The summed E-state index contributed by atoms with van der Waals surface area (Å²) in [5, 5.41) is 5.09. The van der Waals surface area contributed by atoms with Crippen molar-refractivity contribution in [3.8, 4) is 0 Å². The van der Waals surface area contributed by atoms with E-state index in [2.05, 4.69) is 15.1 Å². The maximum Gasteiger partial charge on any atom is 0.283 e. The third-order valence-electron chi connectivity index (χ3n) is 5.71. The zero-order valence-corrected chi connectivity index (χ0v) is 18.0. The number of aliphatic imine (C=N–C) groups is 1. The number of hydrogen-bond donors (Lipinski definition) is 1. The SMILES string of the molecule is CC1=Nc2ccccc2C1=Cc1c(N)n2nc(CC(=O)N3CCCCC3)sc2nc1=O. The Labute approximate surface area is 182 Å². The Morgan fingerprint density at radius 3 is 2.81 bits per heavy atom. The number of nitrogens with two attached hydrogens (primary N) is 1. The van der Waals surface area contributed by atoms with Crippen LogP contribution in [0.1, 0.15) is 42.3 Å². The fourth-order valence-corrected chi connectivity index (χ4v) is 4.96. The molecule has 2 aliphatic rings. The normalized spacial score (nSPS) is 17.3. The summed E-state index contributed by atoms with van der Waals surface area (Å²) in [6.07, 6.45) is 5.17. The number of allylic oxidation sites excluding steroid dienone is 1. The van der Waals surface area contributed by atoms with Gasteiger partial charge in [0.2, 0.25) is 10.9 Å². The van der Waals surface area contributed by atoms with E-state index in [0.717, 1.165) is 48.5 Å². The van der Waals surface area contributed by atoms with E-state index >= 15 is 0 Å². The van der Waals surface area contributed by atoms with Gasteiger partial charge in [-0.1, -0.05) is 29.5 Å². The maximum absolute atomic E-state index is 12.8. The summed E-state index contributed by atoms with van der Waals surface area (Å²) in [6, 6.07) is 7.76. The van der Waals surface area contributed by atoms with Gasteiger partial charge in [0.15, 0.2) is 0 Å². The number of nitrogen functional groups attached to an aromatic ring is 1. The number of nitrogens with zero attached hydrogens (tertiary/aromatic N) is 5. The van der Waals surface area contributed by atoms with E-state index in [1.807, 2.05) is 36.1 Å². The number of fused-ring (bicyclic) bond motifs is 2. The summed E-state index contributed by atoms with van der Waals surface area (Å²) in [4.78, 5) is 36.3. The minimum Gasteiger partial charge on any atom is -0.383 e. The highest BCUT2D eigenvalue weighted by Gasteiger charge is 2.22. The molecule has 4 heterocycles. The van der Waals surface area contributed by atoms with Crippen molar-refractivity contribution in [1.29, 1.82) is 0 Å². The molecule has 158 valence electrons. The van der Waals surface area contributed by atoms with E-state index in [4.69, 9.17) is 5.73 Å². The van der Waals surface area contributed by atoms with Crippen LogP contribution in [0.5, 0.6) is 0 Å². The van der Waals surface area contributed by atoms with E-state index in [0.29, 0.717) is 9.97 Å². The van der Waals surface area contributed by atoms with Crippen LogP contribution in [0.15, 0.2) is 34.1 Å². The van der Waals surface area contributed by atoms with E-state index in [9.17, 15) is 9.59 Å². The van der Waals surface area contributed by atoms with Gasteiger partial charge in [-0.25, -0.2) is 0 Å². The molecule has 1 fully saturated rings. The van der Waals surface area contributed by atoms with Crippen molar-refractivity contribution in [3.05, 3.63) is 50.8 Å². The highest BCUT2D eigenvalue weighted by molar-refractivity contribution is 7.16. The molecule has 0 bridgehead atoms. The van der Waals surface area contributed by atoms with E-state index in [-0.39, 0.29) is 23.7 Å². The molecule has 2 aromatic heterocycles. The Hall–Kier alpha value is -3.33. The van der Waals surface area contributed by atoms with Crippen molar-refractivity contribution >= 4 is 51.1 Å². The minimum absolute atomic E-state index is 0.0528. The van der Waals surface area contributed by atoms with Crippen LogP contribution in [0.3, 0.4) is 0 Å². The molecule has 2 aliphatic heterocycles. The number of likely N-dealkylation sites (tertiary alicyclic amines) is 1. The van der Waals surface area contributed by atoms with Gasteiger partial charge >= 0.3 is 0 Å². The number of aromatic nitrogens is 3. The molecule has 31 heavy (non-hydrogen) atoms. The van der Waals surface area contributed by atoms with Crippen LogP contribution in [0.25, 0.3) is 16.6 Å². The molecule has 0 atom stereocenters. The summed E-state index contributed by atoms with van der Waals surface area (Å²) in [5.41, 5.74) is 9.68. The van der Waals surface area contributed by atoms with Crippen LogP contribution in [-0.2, 0) is 11.2 Å². The van der Waals surface area contributed by atoms with Gasteiger partial charge in [0.05, 0.1) is 17.7 Å². The quantitative estimate of drug-likeness (QED) is 0.682. The average Bonchev–Trinajstić information content (AvgIpc) is 3.31. The van der Waals surface area contributed by atoms with E-state index in [1.165, 1.54) is 22.3 Å². The second-order valence-corrected chi connectivity index (χ2v) is 8.84. The Bertz CT molecular complexity index is 1310. The van der Waals surface area contributed by atoms with Gasteiger partial charge in [-0.3, -0.25) is 14.6 Å². The van der Waals surface area contributed by atoms with Gasteiger partial charge in [-0.05, 0) is 38.3 Å². The predicted molar refractivity (Wildman–Crippen MR) is 123 cm³/mol. The molecular weight excluding hydrogens is 412 g/mol. The molecule has 0 saturated carbocycles. The topological polar surface area (TPSA) is 106 Å². The summed E-state index contributed by atoms with van der Waals surface area (Å²) in [6.45, 7) is 3.49. The lowest BCUT2D eigenvalue weighted by Crippen LogP contribution is -2.36. The first-order chi connectivity index (χ1) is 15.0. The number of amides is 1. The summed E-state index contributed by atoms with van der Waals surface area (Å²) >= 11 is 1.23. The van der Waals surface area contributed by atoms with Crippen molar-refractivity contribution in [2.45, 2.75) is 32.6 Å². The third kappa shape index (κ3) is 3.54. The summed E-state index contributed by atoms with van der Waals surface area (Å²) in [5.74, 6) is 0.268. The zero-order valence-electron chi connectivity index (χ0n) is 17.2. The number of benzene rings is 1. The summed E-state index contributed by atoms with van der Waals surface area (Å²) < 4.78 is 1.46. The fourth-order valence-electron chi connectivity index (χ4n) is 4.07. The molecule has 3 aromatic rings. The van der Waals surface area contributed by atoms with Gasteiger partial charge in [0.25, 0.3) is 5.56 Å². The third-order valence-corrected chi connectivity index (χ3v) is 6.61. The second kappa shape index (κ2) is 7.73. The first-order valence-electron chi connectivity index (χ1n) is 10.3. The Balaban J connectivity index is 1.50. The Kier molecular flexibility index (Phi) is 4.90. The maximum atomic E-state index is 12.8. The minimum atomic E-state index is -0.417. The monoisotopic (exact) mass is 434 g/mol. The molecule has 5 rings (SSSR count). The lowest BCUT2D eigenvalue weighted by Gasteiger charge is -2.26. The summed E-state index contributed by atoms with van der Waals surface area (Å²) in [7, 11) is 0. The Morgan fingerprint density at radius 1 is 1.23 bits per heavy atom. The van der Waals surface area contributed by atoms with Gasteiger partial charge < -0.3 is 10.6 Å². The van der Waals surface area contributed by atoms with Crippen molar-refractivity contribution in [2.75, 3.05) is 18.8 Å². The highest BCUT2D eigenvalue weighted by atomic mass is 32.1. The number of hydrogen-bond acceptors (Lipinski definition) is 7. The van der Waals surface area contributed by atoms with E-state index < -0.39 is 5.56 Å². The van der Waals surface area contributed by atoms with Crippen LogP contribution >= 0.6 is 11.3 Å². The van der Waals surface area contributed by atoms with Crippen molar-refractivity contribution in [2.24, 2.45) is 4.99 Å². The fraction of sp³-hybridized carbons (Fsp3) is 0.318. The van der Waals surface area contributed by atoms with Crippen LogP contribution in [0, 0.1) is 0 Å². The van der Waals surface area contributed by atoms with Gasteiger partial charge in [-0.15, -0.1) is 0 Å². The number of carbonyl (C=O) groups is 1. The number of para-hydroxylation sites is 1. The molecule has 0 unspecified atom stereocenters. The van der Waals surface area contributed by atoms with E-state index in [1.54, 1.807) is 6.08 Å². The van der Waals surface area contributed by atoms with Gasteiger partial charge in [-0.2, -0.15) is 14.6 Å². The Morgan fingerprint density at radius 2 is 2.00 bits per heavy atom. The van der Waals surface area contributed by atoms with Crippen LogP contribution in [-0.4, -0.2) is 44.2 Å². The molecule has 2 N–H and O–H groups in total. The largest absolute Gasteiger partial charge is 0.383 e. The molecule has 1 amide bonds. The van der Waals surface area contributed by atoms with Gasteiger partial charge in [0.1, 0.15) is 10.8 Å². The number of anilines is 1. The number of rotatable bonds is 3. The molecule has 9 heteroatoms. The van der Waals surface area contributed by atoms with Gasteiger partial charge in [0, 0.05) is 29.9 Å². The molecular formula is C22H22N6O2S. The average molecular weight is 435 g/mol. The molecule has 1 aromatic carbocycles. The lowest BCUT2D eigenvalue weighted by molar-refractivity contribution is -0.131. The molecule has 0 radical (unpaired) electrons. The first kappa shape index (κ1) is 19.6. The molecule has 0 aliphatic carbocycles. The van der Waals surface area contributed by atoms with Crippen LogP contribution in [0.2, 0.25) is 0 Å². The smallest absolute Gasteiger partial charge is 0.283 e. The van der Waals surface area contributed by atoms with Crippen LogP contribution in [0.4, 0.5) is 11.5 Å². The first-order valence-corrected chi connectivity index (χ1v) is 11.2. The predicted octanol–water partition coefficient (Wildman–Crippen LogP) is 2.93. The number of carbonyl (C=O) groups excluding carboxylic acids is 1. The molecule has 0 spiro atoms. The molecule has 1 saturated heterocycles. The molecule has 8 nitrogen and oxygen atoms in total. The lowest BCUT2D eigenvalue weighted by atomic mass is 10.0. The second-order valence-electron chi connectivity index (χ2n) is 7.80. The standard InChI is InChI=1S/C22H22N6O2S/c1-13-15(14-7-3-4-8-17(14)24-13)11-16-20(23)28-22(25-21(16)30)31-18(26-28)12-19(29)27-9-5-2-6-10-27/h3-4,7-8,11H,2,5-6,9-10,12,23H2,1H3. The highest BCUT2D eigenvalue weighted by Crippen LogP contribution is 2.35. The van der Waals surface area contributed by atoms with Crippen molar-refractivity contribution in [1.82, 2.24) is 19.5 Å². The zero-order chi connectivity index (χ0) is 21.5.